The van der Waals surface area contributed by atoms with Crippen LogP contribution in [0.4, 0.5) is 0 Å². The van der Waals surface area contributed by atoms with E-state index >= 15 is 0 Å². The average molecular weight is 258 g/mol. The monoisotopic (exact) mass is 258 g/mol. The molecule has 0 saturated heterocycles. The third-order valence-corrected chi connectivity index (χ3v) is 5.79. The molecule has 1 unspecified atom stereocenters. The Balaban J connectivity index is 1.67. The maximum atomic E-state index is 3.81. The third kappa shape index (κ3) is 2.02. The van der Waals surface area contributed by atoms with Gasteiger partial charge in [-0.3, -0.25) is 0 Å². The van der Waals surface area contributed by atoms with Gasteiger partial charge in [-0.15, -0.1) is 0 Å². The molecule has 0 radical (unpaired) electrons. The summed E-state index contributed by atoms with van der Waals surface area (Å²) in [5.74, 6) is 0.608. The van der Waals surface area contributed by atoms with Gasteiger partial charge in [0.2, 0.25) is 0 Å². The van der Waals surface area contributed by atoms with Gasteiger partial charge in [0.05, 0.1) is 0 Å². The van der Waals surface area contributed by atoms with Gasteiger partial charge >= 0.3 is 0 Å². The number of nitrogens with one attached hydrogen (secondary N) is 2. The van der Waals surface area contributed by atoms with Gasteiger partial charge < -0.3 is 10.6 Å². The van der Waals surface area contributed by atoms with Gasteiger partial charge in [0.15, 0.2) is 0 Å². The fraction of sp³-hybridized carbons (Fsp3) is 0.647. The molecule has 1 aliphatic heterocycles. The highest BCUT2D eigenvalue weighted by molar-refractivity contribution is 5.33. The molecule has 3 rings (SSSR count). The first-order valence-corrected chi connectivity index (χ1v) is 7.46. The molecule has 1 aromatic rings. The highest BCUT2D eigenvalue weighted by atomic mass is 15.0. The van der Waals surface area contributed by atoms with Crippen LogP contribution in [0.1, 0.15) is 44.7 Å². The molecule has 1 aliphatic carbocycles. The summed E-state index contributed by atoms with van der Waals surface area (Å²) in [6.07, 6.45) is 0. The Hall–Kier alpha value is -0.860. The predicted octanol–water partition coefficient (Wildman–Crippen LogP) is 2.90. The van der Waals surface area contributed by atoms with Crippen molar-refractivity contribution in [1.29, 1.82) is 0 Å². The second-order valence-corrected chi connectivity index (χ2v) is 7.31. The van der Waals surface area contributed by atoms with Crippen molar-refractivity contribution in [2.24, 2.45) is 10.8 Å². The van der Waals surface area contributed by atoms with Crippen LogP contribution in [0.2, 0.25) is 0 Å². The van der Waals surface area contributed by atoms with Crippen LogP contribution in [0.3, 0.4) is 0 Å². The molecule has 2 heteroatoms. The molecule has 1 atom stereocenters. The summed E-state index contributed by atoms with van der Waals surface area (Å²) in [5.41, 5.74) is 3.85. The first-order valence-electron chi connectivity index (χ1n) is 7.46. The van der Waals surface area contributed by atoms with Gasteiger partial charge in [0, 0.05) is 31.6 Å². The van der Waals surface area contributed by atoms with Crippen LogP contribution in [0.5, 0.6) is 0 Å². The van der Waals surface area contributed by atoms with Crippen molar-refractivity contribution in [3.05, 3.63) is 35.4 Å². The van der Waals surface area contributed by atoms with Gasteiger partial charge in [-0.25, -0.2) is 0 Å². The van der Waals surface area contributed by atoms with Crippen LogP contribution < -0.4 is 10.6 Å². The van der Waals surface area contributed by atoms with Crippen molar-refractivity contribution < 1.29 is 0 Å². The van der Waals surface area contributed by atoms with E-state index in [0.29, 0.717) is 22.8 Å². The Morgan fingerprint density at radius 1 is 1.16 bits per heavy atom. The van der Waals surface area contributed by atoms with E-state index in [1.807, 2.05) is 0 Å². The minimum absolute atomic E-state index is 0.425. The molecule has 0 bridgehead atoms. The molecule has 0 aromatic heterocycles. The maximum absolute atomic E-state index is 3.81. The zero-order valence-corrected chi connectivity index (χ0v) is 12.6. The lowest BCUT2D eigenvalue weighted by Gasteiger charge is -2.27. The van der Waals surface area contributed by atoms with E-state index in [-0.39, 0.29) is 0 Å². The number of fused-ring (bicyclic) bond motifs is 1. The van der Waals surface area contributed by atoms with Crippen molar-refractivity contribution in [3.8, 4) is 0 Å². The summed E-state index contributed by atoms with van der Waals surface area (Å²) in [6, 6.07) is 9.51. The highest BCUT2D eigenvalue weighted by Crippen LogP contribution is 2.62. The van der Waals surface area contributed by atoms with Crippen LogP contribution in [-0.4, -0.2) is 19.1 Å². The van der Waals surface area contributed by atoms with Crippen LogP contribution >= 0.6 is 0 Å². The zero-order chi connectivity index (χ0) is 13.7. The minimum atomic E-state index is 0.425. The van der Waals surface area contributed by atoms with Gasteiger partial charge in [0.25, 0.3) is 0 Å². The second kappa shape index (κ2) is 4.32. The molecule has 1 fully saturated rings. The molecule has 19 heavy (non-hydrogen) atoms. The number of benzene rings is 1. The molecule has 0 spiro atoms. The fourth-order valence-corrected chi connectivity index (χ4v) is 3.73. The lowest BCUT2D eigenvalue weighted by molar-refractivity contribution is 0.457. The largest absolute Gasteiger partial charge is 0.312 e. The summed E-state index contributed by atoms with van der Waals surface area (Å²) in [6.45, 7) is 12.7. The first-order chi connectivity index (χ1) is 8.94. The zero-order valence-electron chi connectivity index (χ0n) is 12.6. The van der Waals surface area contributed by atoms with Crippen molar-refractivity contribution in [2.75, 3.05) is 13.1 Å². The van der Waals surface area contributed by atoms with E-state index in [0.717, 1.165) is 19.6 Å². The van der Waals surface area contributed by atoms with Crippen LogP contribution in [0, 0.1) is 10.8 Å². The van der Waals surface area contributed by atoms with Crippen molar-refractivity contribution >= 4 is 0 Å². The topological polar surface area (TPSA) is 24.1 Å². The van der Waals surface area contributed by atoms with E-state index < -0.39 is 0 Å². The Labute approximate surface area is 117 Å². The van der Waals surface area contributed by atoms with E-state index in [2.05, 4.69) is 62.6 Å². The standard InChI is InChI=1S/C17H26N2/c1-16(2)15(17(16,3)4)19-11-13-10-18-9-12-7-5-6-8-14(12)13/h5-8,13,15,18-19H,9-11H2,1-4H3. The smallest absolute Gasteiger partial charge is 0.0208 e. The first kappa shape index (κ1) is 13.1. The number of rotatable bonds is 3. The Morgan fingerprint density at radius 3 is 2.53 bits per heavy atom. The van der Waals surface area contributed by atoms with E-state index in [9.17, 15) is 0 Å². The second-order valence-electron chi connectivity index (χ2n) is 7.31. The summed E-state index contributed by atoms with van der Waals surface area (Å²) in [7, 11) is 0. The van der Waals surface area contributed by atoms with Crippen molar-refractivity contribution in [1.82, 2.24) is 10.6 Å². The quantitative estimate of drug-likeness (QED) is 0.871. The SMILES string of the molecule is CC1(C)C(NCC2CNCc3ccccc32)C1(C)C. The van der Waals surface area contributed by atoms with Crippen LogP contribution in [0.15, 0.2) is 24.3 Å². The molecule has 1 heterocycles. The maximum Gasteiger partial charge on any atom is 0.0208 e. The molecule has 1 aromatic carbocycles. The normalized spacial score (nSPS) is 27.9. The Kier molecular flexibility index (Phi) is 2.99. The molecule has 0 amide bonds. The van der Waals surface area contributed by atoms with E-state index in [1.54, 1.807) is 0 Å². The van der Waals surface area contributed by atoms with Crippen LogP contribution in [0.25, 0.3) is 0 Å². The third-order valence-electron chi connectivity index (χ3n) is 5.79. The lowest BCUT2D eigenvalue weighted by atomic mass is 9.91. The lowest BCUT2D eigenvalue weighted by Crippen LogP contribution is -2.36. The minimum Gasteiger partial charge on any atom is -0.312 e. The summed E-state index contributed by atoms with van der Waals surface area (Å²) in [5, 5.41) is 7.34. The summed E-state index contributed by atoms with van der Waals surface area (Å²) >= 11 is 0. The molecule has 2 N–H and O–H groups in total. The molecule has 2 aliphatic rings. The molecule has 1 saturated carbocycles. The molecule has 104 valence electrons. The number of hydrogen-bond donors (Lipinski definition) is 2. The van der Waals surface area contributed by atoms with Gasteiger partial charge in [-0.1, -0.05) is 52.0 Å². The van der Waals surface area contributed by atoms with Crippen molar-refractivity contribution in [3.63, 3.8) is 0 Å². The predicted molar refractivity (Wildman–Crippen MR) is 80.2 cm³/mol. The van der Waals surface area contributed by atoms with Crippen molar-refractivity contribution in [2.45, 2.75) is 46.2 Å². The van der Waals surface area contributed by atoms with E-state index in [1.165, 1.54) is 11.1 Å². The van der Waals surface area contributed by atoms with E-state index in [4.69, 9.17) is 0 Å². The fourth-order valence-electron chi connectivity index (χ4n) is 3.73. The Bertz CT molecular complexity index is 462. The van der Waals surface area contributed by atoms with Gasteiger partial charge in [-0.2, -0.15) is 0 Å². The highest BCUT2D eigenvalue weighted by Gasteiger charge is 2.64. The molecule has 2 nitrogen and oxygen atoms in total. The van der Waals surface area contributed by atoms with Gasteiger partial charge in [-0.05, 0) is 22.0 Å². The number of hydrogen-bond acceptors (Lipinski definition) is 2. The molecular weight excluding hydrogens is 232 g/mol. The summed E-state index contributed by atoms with van der Waals surface area (Å²) in [4.78, 5) is 0. The van der Waals surface area contributed by atoms with Crippen LogP contribution in [-0.2, 0) is 6.54 Å². The molecular formula is C17H26N2. The summed E-state index contributed by atoms with van der Waals surface area (Å²) < 4.78 is 0. The Morgan fingerprint density at radius 2 is 1.84 bits per heavy atom. The average Bonchev–Trinajstić information content (AvgIpc) is 2.77. The van der Waals surface area contributed by atoms with Gasteiger partial charge in [0.1, 0.15) is 0 Å².